The first kappa shape index (κ1) is 17.0. The normalized spacial score (nSPS) is 14.9. The Morgan fingerprint density at radius 1 is 1.19 bits per heavy atom. The summed E-state index contributed by atoms with van der Waals surface area (Å²) in [6, 6.07) is 13.8. The van der Waals surface area contributed by atoms with Crippen molar-refractivity contribution in [2.75, 3.05) is 6.54 Å². The van der Waals surface area contributed by atoms with E-state index in [0.29, 0.717) is 38.2 Å². The molecule has 134 valence electrons. The fraction of sp³-hybridized carbons (Fsp3) is 0.300. The number of carbonyl (C=O) groups excluding carboxylic acids is 1. The Bertz CT molecular complexity index is 874. The molecule has 0 saturated heterocycles. The molecule has 1 aliphatic rings. The minimum Gasteiger partial charge on any atom is -0.386 e. The first-order chi connectivity index (χ1) is 12.7. The van der Waals surface area contributed by atoms with E-state index in [1.807, 2.05) is 62.8 Å². The maximum Gasteiger partial charge on any atom is 0.227 e. The van der Waals surface area contributed by atoms with Crippen LogP contribution < -0.4 is 0 Å². The van der Waals surface area contributed by atoms with E-state index in [2.05, 4.69) is 5.10 Å². The van der Waals surface area contributed by atoms with E-state index in [-0.39, 0.29) is 5.91 Å². The second-order valence-corrected chi connectivity index (χ2v) is 7.39. The van der Waals surface area contributed by atoms with Gasteiger partial charge in [0.1, 0.15) is 6.10 Å². The molecule has 0 unspecified atom stereocenters. The van der Waals surface area contributed by atoms with E-state index in [0.717, 1.165) is 16.8 Å². The van der Waals surface area contributed by atoms with Crippen molar-refractivity contribution in [2.45, 2.75) is 32.0 Å². The lowest BCUT2D eigenvalue weighted by Gasteiger charge is -2.27. The first-order valence-corrected chi connectivity index (χ1v) is 9.71. The lowest BCUT2D eigenvalue weighted by molar-refractivity contribution is -0.132. The quantitative estimate of drug-likeness (QED) is 0.754. The van der Waals surface area contributed by atoms with Gasteiger partial charge in [-0.1, -0.05) is 30.3 Å². The van der Waals surface area contributed by atoms with Gasteiger partial charge in [-0.05, 0) is 34.0 Å². The molecular formula is C20H21N3O2S. The highest BCUT2D eigenvalue weighted by molar-refractivity contribution is 7.08. The van der Waals surface area contributed by atoms with E-state index in [1.54, 1.807) is 11.3 Å². The summed E-state index contributed by atoms with van der Waals surface area (Å²) in [7, 11) is 0. The molecule has 1 aromatic carbocycles. The molecule has 6 heteroatoms. The number of carbonyl (C=O) groups is 1. The summed E-state index contributed by atoms with van der Waals surface area (Å²) in [5, 5.41) is 19.1. The van der Waals surface area contributed by atoms with Gasteiger partial charge in [0.15, 0.2) is 0 Å². The Kier molecular flexibility index (Phi) is 4.86. The molecule has 0 bridgehead atoms. The Balaban J connectivity index is 1.42. The summed E-state index contributed by atoms with van der Waals surface area (Å²) < 4.78 is 1.91. The van der Waals surface area contributed by atoms with Gasteiger partial charge in [-0.25, -0.2) is 0 Å². The molecule has 0 saturated carbocycles. The molecule has 1 atom stereocenters. The number of benzene rings is 1. The van der Waals surface area contributed by atoms with Crippen molar-refractivity contribution in [2.24, 2.45) is 0 Å². The second-order valence-electron chi connectivity index (χ2n) is 6.61. The van der Waals surface area contributed by atoms with E-state index in [9.17, 15) is 9.90 Å². The van der Waals surface area contributed by atoms with Crippen LogP contribution in [0.2, 0.25) is 0 Å². The highest BCUT2D eigenvalue weighted by atomic mass is 32.1. The van der Waals surface area contributed by atoms with Gasteiger partial charge in [-0.2, -0.15) is 16.4 Å². The summed E-state index contributed by atoms with van der Waals surface area (Å²) in [5.41, 5.74) is 3.81. The van der Waals surface area contributed by atoms with Crippen LogP contribution in [-0.4, -0.2) is 32.2 Å². The molecule has 26 heavy (non-hydrogen) atoms. The zero-order chi connectivity index (χ0) is 17.9. The molecule has 1 aliphatic heterocycles. The van der Waals surface area contributed by atoms with Crippen molar-refractivity contribution in [3.05, 3.63) is 75.7 Å². The van der Waals surface area contributed by atoms with Gasteiger partial charge in [-0.3, -0.25) is 9.48 Å². The predicted octanol–water partition coefficient (Wildman–Crippen LogP) is 2.81. The summed E-state index contributed by atoms with van der Waals surface area (Å²) in [6.07, 6.45) is 0.352. The highest BCUT2D eigenvalue weighted by Gasteiger charge is 2.24. The largest absolute Gasteiger partial charge is 0.386 e. The number of aliphatic hydroxyl groups excluding tert-OH is 1. The van der Waals surface area contributed by atoms with Gasteiger partial charge in [0.2, 0.25) is 5.91 Å². The highest BCUT2D eigenvalue weighted by Crippen LogP contribution is 2.22. The molecule has 3 aromatic rings. The van der Waals surface area contributed by atoms with Crippen LogP contribution in [0.25, 0.3) is 0 Å². The third kappa shape index (κ3) is 3.71. The van der Waals surface area contributed by atoms with Crippen LogP contribution in [0.3, 0.4) is 0 Å². The molecule has 0 fully saturated rings. The van der Waals surface area contributed by atoms with Crippen LogP contribution in [-0.2, 0) is 30.7 Å². The molecule has 2 aromatic heterocycles. The number of aliphatic hydroxyl groups is 1. The van der Waals surface area contributed by atoms with Crippen molar-refractivity contribution >= 4 is 17.2 Å². The standard InChI is InChI=1S/C20H21N3O2S/c24-19(10-15-4-2-1-3-5-15)18-12-17-13-22(7-8-23(17)21-18)20(25)11-16-6-9-26-14-16/h1-6,9,12,14,19,24H,7-8,10-11,13H2/t19-/m0/s1. The molecule has 3 heterocycles. The summed E-state index contributed by atoms with van der Waals surface area (Å²) in [4.78, 5) is 14.4. The van der Waals surface area contributed by atoms with Crippen molar-refractivity contribution in [1.82, 2.24) is 14.7 Å². The number of nitrogens with zero attached hydrogens (tertiary/aromatic N) is 3. The fourth-order valence-corrected chi connectivity index (χ4v) is 3.95. The minimum absolute atomic E-state index is 0.141. The van der Waals surface area contributed by atoms with E-state index in [1.165, 1.54) is 0 Å². The average Bonchev–Trinajstić information content (AvgIpc) is 3.31. The Labute approximate surface area is 156 Å². The van der Waals surface area contributed by atoms with Crippen LogP contribution in [0.4, 0.5) is 0 Å². The van der Waals surface area contributed by atoms with Crippen LogP contribution in [0.5, 0.6) is 0 Å². The molecule has 1 N–H and O–H groups in total. The third-order valence-electron chi connectivity index (χ3n) is 4.72. The van der Waals surface area contributed by atoms with Gasteiger partial charge >= 0.3 is 0 Å². The van der Waals surface area contributed by atoms with Crippen molar-refractivity contribution in [3.63, 3.8) is 0 Å². The number of rotatable bonds is 5. The van der Waals surface area contributed by atoms with Crippen LogP contribution in [0.15, 0.2) is 53.2 Å². The number of aromatic nitrogens is 2. The van der Waals surface area contributed by atoms with E-state index in [4.69, 9.17) is 0 Å². The maximum absolute atomic E-state index is 12.5. The Morgan fingerprint density at radius 2 is 2.04 bits per heavy atom. The summed E-state index contributed by atoms with van der Waals surface area (Å²) >= 11 is 1.61. The van der Waals surface area contributed by atoms with Gasteiger partial charge in [0.05, 0.1) is 30.9 Å². The number of fused-ring (bicyclic) bond motifs is 1. The Hall–Kier alpha value is -2.44. The third-order valence-corrected chi connectivity index (χ3v) is 5.45. The SMILES string of the molecule is O=C(Cc1ccsc1)N1CCn2nc([C@@H](O)Cc3ccccc3)cc2C1. The molecule has 1 amide bonds. The topological polar surface area (TPSA) is 58.4 Å². The van der Waals surface area contributed by atoms with Crippen molar-refractivity contribution in [3.8, 4) is 0 Å². The number of amides is 1. The number of hydrogen-bond acceptors (Lipinski definition) is 4. The molecule has 0 radical (unpaired) electrons. The first-order valence-electron chi connectivity index (χ1n) is 8.76. The second kappa shape index (κ2) is 7.43. The Morgan fingerprint density at radius 3 is 2.81 bits per heavy atom. The lowest BCUT2D eigenvalue weighted by atomic mass is 10.1. The van der Waals surface area contributed by atoms with E-state index >= 15 is 0 Å². The monoisotopic (exact) mass is 367 g/mol. The van der Waals surface area contributed by atoms with Gasteiger partial charge in [-0.15, -0.1) is 0 Å². The van der Waals surface area contributed by atoms with Gasteiger partial charge in [0.25, 0.3) is 0 Å². The predicted molar refractivity (Wildman–Crippen MR) is 101 cm³/mol. The van der Waals surface area contributed by atoms with Crippen LogP contribution in [0.1, 0.15) is 28.6 Å². The zero-order valence-electron chi connectivity index (χ0n) is 14.4. The van der Waals surface area contributed by atoms with Crippen LogP contribution in [0, 0.1) is 0 Å². The lowest BCUT2D eigenvalue weighted by Crippen LogP contribution is -2.39. The smallest absolute Gasteiger partial charge is 0.227 e. The molecular weight excluding hydrogens is 346 g/mol. The summed E-state index contributed by atoms with van der Waals surface area (Å²) in [5.74, 6) is 0.141. The number of thiophene rings is 1. The van der Waals surface area contributed by atoms with Crippen LogP contribution >= 0.6 is 11.3 Å². The molecule has 0 aliphatic carbocycles. The van der Waals surface area contributed by atoms with Gasteiger partial charge < -0.3 is 10.0 Å². The zero-order valence-corrected chi connectivity index (χ0v) is 15.2. The number of hydrogen-bond donors (Lipinski definition) is 1. The van der Waals surface area contributed by atoms with Crippen molar-refractivity contribution in [1.29, 1.82) is 0 Å². The molecule has 4 rings (SSSR count). The molecule has 5 nitrogen and oxygen atoms in total. The van der Waals surface area contributed by atoms with Crippen molar-refractivity contribution < 1.29 is 9.90 Å². The van der Waals surface area contributed by atoms with Gasteiger partial charge in [0, 0.05) is 13.0 Å². The summed E-state index contributed by atoms with van der Waals surface area (Å²) in [6.45, 7) is 1.88. The molecule has 0 spiro atoms. The maximum atomic E-state index is 12.5. The van der Waals surface area contributed by atoms with E-state index < -0.39 is 6.10 Å². The minimum atomic E-state index is -0.634. The fourth-order valence-electron chi connectivity index (χ4n) is 3.29. The average molecular weight is 367 g/mol.